The first-order chi connectivity index (χ1) is 14.3. The quantitative estimate of drug-likeness (QED) is 0.576. The number of anilines is 1. The molecule has 1 aliphatic heterocycles. The molecule has 0 N–H and O–H groups in total. The Morgan fingerprint density at radius 2 is 2.03 bits per heavy atom. The van der Waals surface area contributed by atoms with E-state index in [0.29, 0.717) is 42.6 Å². The number of carbonyl (C=O) groups is 1. The normalized spacial score (nSPS) is 16.1. The Balaban J connectivity index is 1.62. The summed E-state index contributed by atoms with van der Waals surface area (Å²) in [5, 5.41) is 1.21. The molecule has 0 spiro atoms. The van der Waals surface area contributed by atoms with E-state index in [0.717, 1.165) is 15.9 Å². The molecule has 3 heterocycles. The second-order valence-corrected chi connectivity index (χ2v) is 10.7. The number of fused-ring (bicyclic) bond motifs is 1. The molecule has 0 radical (unpaired) electrons. The maximum absolute atomic E-state index is 13.5. The number of piperidine rings is 1. The van der Waals surface area contributed by atoms with Gasteiger partial charge >= 0.3 is 0 Å². The molecule has 0 bridgehead atoms. The molecule has 0 atom stereocenters. The predicted octanol–water partition coefficient (Wildman–Crippen LogP) is 3.55. The van der Waals surface area contributed by atoms with Crippen molar-refractivity contribution in [2.45, 2.75) is 19.4 Å². The average molecular weight is 465 g/mol. The number of thiazole rings is 1. The molecule has 0 unspecified atom stereocenters. The summed E-state index contributed by atoms with van der Waals surface area (Å²) in [6, 6.07) is 11.0. The summed E-state index contributed by atoms with van der Waals surface area (Å²) in [6.45, 7) is 1.00. The number of sulfonamides is 1. The van der Waals surface area contributed by atoms with Gasteiger partial charge in [-0.15, -0.1) is 0 Å². The van der Waals surface area contributed by atoms with Gasteiger partial charge in [0, 0.05) is 30.2 Å². The van der Waals surface area contributed by atoms with E-state index in [1.165, 1.54) is 21.9 Å². The van der Waals surface area contributed by atoms with E-state index in [4.69, 9.17) is 11.6 Å². The van der Waals surface area contributed by atoms with Crippen LogP contribution in [0.2, 0.25) is 5.02 Å². The summed E-state index contributed by atoms with van der Waals surface area (Å²) in [6.07, 6.45) is 3.87. The van der Waals surface area contributed by atoms with E-state index in [1.807, 2.05) is 30.3 Å². The predicted molar refractivity (Wildman–Crippen MR) is 119 cm³/mol. The van der Waals surface area contributed by atoms with E-state index < -0.39 is 10.0 Å². The molecule has 158 valence electrons. The first-order valence-corrected chi connectivity index (χ1v) is 12.6. The summed E-state index contributed by atoms with van der Waals surface area (Å²) < 4.78 is 25.9. The van der Waals surface area contributed by atoms with Gasteiger partial charge in [0.25, 0.3) is 0 Å². The largest absolute Gasteiger partial charge is 0.282 e. The molecule has 2 aromatic heterocycles. The second-order valence-electron chi connectivity index (χ2n) is 7.29. The molecule has 1 saturated heterocycles. The van der Waals surface area contributed by atoms with Gasteiger partial charge in [0.2, 0.25) is 15.9 Å². The number of hydrogen-bond acceptors (Lipinski definition) is 6. The number of amides is 1. The van der Waals surface area contributed by atoms with Crippen LogP contribution < -0.4 is 4.90 Å². The van der Waals surface area contributed by atoms with Crippen LogP contribution in [-0.2, 0) is 21.4 Å². The number of halogens is 1. The van der Waals surface area contributed by atoms with Crippen LogP contribution in [0.15, 0.2) is 42.6 Å². The van der Waals surface area contributed by atoms with Gasteiger partial charge in [-0.2, -0.15) is 0 Å². The summed E-state index contributed by atoms with van der Waals surface area (Å²) >= 11 is 7.52. The summed E-state index contributed by atoms with van der Waals surface area (Å²) in [5.41, 5.74) is 1.54. The maximum Gasteiger partial charge on any atom is 0.232 e. The fourth-order valence-electron chi connectivity index (χ4n) is 3.55. The Kier molecular flexibility index (Phi) is 6.06. The highest BCUT2D eigenvalue weighted by atomic mass is 35.5. The van der Waals surface area contributed by atoms with Crippen molar-refractivity contribution in [1.82, 2.24) is 14.3 Å². The zero-order valence-electron chi connectivity index (χ0n) is 16.4. The number of rotatable bonds is 5. The molecule has 1 aromatic carbocycles. The van der Waals surface area contributed by atoms with Crippen LogP contribution in [0.4, 0.5) is 5.13 Å². The van der Waals surface area contributed by atoms with Gasteiger partial charge in [0.1, 0.15) is 0 Å². The molecule has 4 rings (SSSR count). The Hall–Kier alpha value is -2.07. The first-order valence-electron chi connectivity index (χ1n) is 9.54. The van der Waals surface area contributed by atoms with Crippen molar-refractivity contribution in [3.8, 4) is 0 Å². The number of aromatic nitrogens is 2. The molecular formula is C20H21ClN4O3S2. The van der Waals surface area contributed by atoms with Gasteiger partial charge in [-0.25, -0.2) is 17.7 Å². The molecule has 1 fully saturated rings. The standard InChI is InChI=1S/C20H21ClN4O3S2/c1-30(27,28)24-10-7-14(8-11-24)19(26)25(13-16-4-2-3-9-22-16)20-23-17-6-5-15(21)12-18(17)29-20/h2-6,9,12,14H,7-8,10-11,13H2,1H3. The Bertz CT molecular complexity index is 1160. The van der Waals surface area contributed by atoms with Crippen molar-refractivity contribution in [2.24, 2.45) is 5.92 Å². The molecule has 7 nitrogen and oxygen atoms in total. The lowest BCUT2D eigenvalue weighted by atomic mass is 9.96. The number of benzene rings is 1. The highest BCUT2D eigenvalue weighted by Gasteiger charge is 2.33. The second kappa shape index (κ2) is 8.58. The Morgan fingerprint density at radius 1 is 1.27 bits per heavy atom. The maximum atomic E-state index is 13.5. The van der Waals surface area contributed by atoms with E-state index >= 15 is 0 Å². The first kappa shape index (κ1) is 21.2. The number of carbonyl (C=O) groups excluding carboxylic acids is 1. The van der Waals surface area contributed by atoms with Crippen molar-refractivity contribution in [1.29, 1.82) is 0 Å². The Morgan fingerprint density at radius 3 is 2.70 bits per heavy atom. The summed E-state index contributed by atoms with van der Waals surface area (Å²) in [7, 11) is -3.24. The average Bonchev–Trinajstić information content (AvgIpc) is 3.14. The fourth-order valence-corrected chi connectivity index (χ4v) is 5.67. The van der Waals surface area contributed by atoms with Crippen molar-refractivity contribution >= 4 is 54.2 Å². The number of hydrogen-bond donors (Lipinski definition) is 0. The van der Waals surface area contributed by atoms with E-state index in [-0.39, 0.29) is 11.8 Å². The molecular weight excluding hydrogens is 444 g/mol. The molecule has 1 aliphatic rings. The topological polar surface area (TPSA) is 83.5 Å². The monoisotopic (exact) mass is 464 g/mol. The van der Waals surface area contributed by atoms with Gasteiger partial charge in [0.05, 0.1) is 28.7 Å². The molecule has 3 aromatic rings. The van der Waals surface area contributed by atoms with Gasteiger partial charge in [-0.3, -0.25) is 14.7 Å². The van der Waals surface area contributed by atoms with Gasteiger partial charge in [-0.1, -0.05) is 29.0 Å². The lowest BCUT2D eigenvalue weighted by molar-refractivity contribution is -0.123. The van der Waals surface area contributed by atoms with E-state index in [1.54, 1.807) is 17.2 Å². The molecule has 1 amide bonds. The smallest absolute Gasteiger partial charge is 0.232 e. The number of nitrogens with zero attached hydrogens (tertiary/aromatic N) is 4. The van der Waals surface area contributed by atoms with Crippen LogP contribution in [-0.4, -0.2) is 47.9 Å². The van der Waals surface area contributed by atoms with Crippen molar-refractivity contribution in [3.63, 3.8) is 0 Å². The minimum atomic E-state index is -3.24. The zero-order valence-corrected chi connectivity index (χ0v) is 18.8. The molecule has 0 saturated carbocycles. The van der Waals surface area contributed by atoms with Crippen molar-refractivity contribution in [3.05, 3.63) is 53.3 Å². The van der Waals surface area contributed by atoms with E-state index in [9.17, 15) is 13.2 Å². The van der Waals surface area contributed by atoms with Gasteiger partial charge in [-0.05, 0) is 43.2 Å². The lowest BCUT2D eigenvalue weighted by Gasteiger charge is -2.32. The minimum Gasteiger partial charge on any atom is -0.282 e. The third-order valence-electron chi connectivity index (χ3n) is 5.15. The third kappa shape index (κ3) is 4.64. The number of pyridine rings is 1. The van der Waals surface area contributed by atoms with Crippen molar-refractivity contribution < 1.29 is 13.2 Å². The van der Waals surface area contributed by atoms with Crippen LogP contribution in [0.1, 0.15) is 18.5 Å². The van der Waals surface area contributed by atoms with Crippen LogP contribution in [0.25, 0.3) is 10.2 Å². The zero-order chi connectivity index (χ0) is 21.3. The van der Waals surface area contributed by atoms with Crippen LogP contribution >= 0.6 is 22.9 Å². The summed E-state index contributed by atoms with van der Waals surface area (Å²) in [4.78, 5) is 24.2. The minimum absolute atomic E-state index is 0.0565. The van der Waals surface area contributed by atoms with Crippen molar-refractivity contribution in [2.75, 3.05) is 24.2 Å². The fraction of sp³-hybridized carbons (Fsp3) is 0.350. The third-order valence-corrected chi connectivity index (χ3v) is 7.73. The van der Waals surface area contributed by atoms with Gasteiger partial charge < -0.3 is 0 Å². The van der Waals surface area contributed by atoms with Gasteiger partial charge in [0.15, 0.2) is 5.13 Å². The van der Waals surface area contributed by atoms with Crippen LogP contribution in [0.5, 0.6) is 0 Å². The SMILES string of the molecule is CS(=O)(=O)N1CCC(C(=O)N(Cc2ccccn2)c2nc3ccc(Cl)cc3s2)CC1. The lowest BCUT2D eigenvalue weighted by Crippen LogP contribution is -2.44. The molecule has 10 heteroatoms. The van der Waals surface area contributed by atoms with Crippen LogP contribution in [0.3, 0.4) is 0 Å². The summed E-state index contributed by atoms with van der Waals surface area (Å²) in [5.74, 6) is -0.318. The highest BCUT2D eigenvalue weighted by Crippen LogP contribution is 2.33. The molecule has 0 aliphatic carbocycles. The van der Waals surface area contributed by atoms with E-state index in [2.05, 4.69) is 9.97 Å². The molecule has 30 heavy (non-hydrogen) atoms. The van der Waals surface area contributed by atoms with Crippen LogP contribution in [0, 0.1) is 5.92 Å². The Labute approximate surface area is 184 Å². The highest BCUT2D eigenvalue weighted by molar-refractivity contribution is 7.88.